The van der Waals surface area contributed by atoms with Gasteiger partial charge in [0.15, 0.2) is 0 Å². The second kappa shape index (κ2) is 5.52. The maximum absolute atomic E-state index is 12.0. The summed E-state index contributed by atoms with van der Waals surface area (Å²) in [5.41, 5.74) is 0. The van der Waals surface area contributed by atoms with E-state index in [9.17, 15) is 4.39 Å². The van der Waals surface area contributed by atoms with E-state index < -0.39 is 0 Å². The molecule has 0 aromatic carbocycles. The van der Waals surface area contributed by atoms with E-state index in [2.05, 4.69) is 0 Å². The van der Waals surface area contributed by atoms with Crippen LogP contribution < -0.4 is 0 Å². The van der Waals surface area contributed by atoms with Crippen molar-refractivity contribution in [2.75, 3.05) is 13.3 Å². The summed E-state index contributed by atoms with van der Waals surface area (Å²) in [7, 11) is 0. The Balaban J connectivity index is 2.11. The third-order valence-corrected chi connectivity index (χ3v) is 2.71. The molecular weight excluding hydrogens is 155 g/mol. The highest BCUT2D eigenvalue weighted by Gasteiger charge is 2.20. The van der Waals surface area contributed by atoms with Gasteiger partial charge in [0.25, 0.3) is 0 Å². The molecule has 0 aromatic heterocycles. The molecule has 1 saturated carbocycles. The van der Waals surface area contributed by atoms with E-state index in [0.717, 1.165) is 38.7 Å². The zero-order chi connectivity index (χ0) is 8.81. The van der Waals surface area contributed by atoms with Gasteiger partial charge < -0.3 is 4.74 Å². The van der Waals surface area contributed by atoms with Crippen LogP contribution in [0.15, 0.2) is 0 Å². The second-order valence-electron chi connectivity index (χ2n) is 3.58. The molecule has 0 N–H and O–H groups in total. The standard InChI is InChI=1S/C10H19FO/c1-2-12-10-5-3-9(4-6-10)7-8-11/h9-10H,2-8H2,1H3. The van der Waals surface area contributed by atoms with Crippen LogP contribution in [0.2, 0.25) is 0 Å². The van der Waals surface area contributed by atoms with E-state index in [1.807, 2.05) is 6.92 Å². The molecule has 0 spiro atoms. The number of hydrogen-bond donors (Lipinski definition) is 0. The van der Waals surface area contributed by atoms with Gasteiger partial charge in [-0.15, -0.1) is 0 Å². The van der Waals surface area contributed by atoms with Crippen LogP contribution in [-0.4, -0.2) is 19.4 Å². The highest BCUT2D eigenvalue weighted by atomic mass is 19.1. The fourth-order valence-electron chi connectivity index (χ4n) is 1.98. The molecule has 12 heavy (non-hydrogen) atoms. The summed E-state index contributed by atoms with van der Waals surface area (Å²) < 4.78 is 17.5. The number of alkyl halides is 1. The lowest BCUT2D eigenvalue weighted by molar-refractivity contribution is 0.0241. The first-order chi connectivity index (χ1) is 5.86. The van der Waals surface area contributed by atoms with Crippen molar-refractivity contribution in [1.82, 2.24) is 0 Å². The molecule has 0 heterocycles. The Morgan fingerprint density at radius 3 is 2.42 bits per heavy atom. The smallest absolute Gasteiger partial charge is 0.0897 e. The summed E-state index contributed by atoms with van der Waals surface area (Å²) in [6.07, 6.45) is 5.82. The van der Waals surface area contributed by atoms with Crippen LogP contribution in [0.5, 0.6) is 0 Å². The highest BCUT2D eigenvalue weighted by Crippen LogP contribution is 2.28. The Labute approximate surface area is 74.3 Å². The maximum atomic E-state index is 12.0. The van der Waals surface area contributed by atoms with Gasteiger partial charge in [-0.3, -0.25) is 4.39 Å². The van der Waals surface area contributed by atoms with Crippen molar-refractivity contribution in [3.63, 3.8) is 0 Å². The Kier molecular flexibility index (Phi) is 4.59. The molecule has 1 fully saturated rings. The van der Waals surface area contributed by atoms with Crippen LogP contribution >= 0.6 is 0 Å². The summed E-state index contributed by atoms with van der Waals surface area (Å²) in [5.74, 6) is 0.631. The summed E-state index contributed by atoms with van der Waals surface area (Å²) in [6.45, 7) is 2.70. The van der Waals surface area contributed by atoms with E-state index in [-0.39, 0.29) is 6.67 Å². The van der Waals surface area contributed by atoms with Crippen LogP contribution in [0.4, 0.5) is 4.39 Å². The van der Waals surface area contributed by atoms with Crippen LogP contribution in [-0.2, 0) is 4.74 Å². The van der Waals surface area contributed by atoms with Crippen LogP contribution in [0.3, 0.4) is 0 Å². The molecule has 1 rings (SSSR count). The zero-order valence-electron chi connectivity index (χ0n) is 7.89. The molecule has 1 aliphatic carbocycles. The number of halogens is 1. The van der Waals surface area contributed by atoms with Gasteiger partial charge in [-0.05, 0) is 44.9 Å². The van der Waals surface area contributed by atoms with Gasteiger partial charge in [-0.1, -0.05) is 0 Å². The highest BCUT2D eigenvalue weighted by molar-refractivity contribution is 4.72. The quantitative estimate of drug-likeness (QED) is 0.636. The molecule has 0 bridgehead atoms. The first-order valence-corrected chi connectivity index (χ1v) is 5.04. The van der Waals surface area contributed by atoms with E-state index in [1.165, 1.54) is 0 Å². The monoisotopic (exact) mass is 174 g/mol. The van der Waals surface area contributed by atoms with E-state index >= 15 is 0 Å². The minimum absolute atomic E-state index is 0.149. The van der Waals surface area contributed by atoms with Gasteiger partial charge in [-0.25, -0.2) is 0 Å². The van der Waals surface area contributed by atoms with E-state index in [0.29, 0.717) is 12.0 Å². The maximum Gasteiger partial charge on any atom is 0.0897 e. The summed E-state index contributed by atoms with van der Waals surface area (Å²) in [4.78, 5) is 0. The molecule has 1 aliphatic rings. The molecule has 2 heteroatoms. The van der Waals surface area contributed by atoms with E-state index in [1.54, 1.807) is 0 Å². The van der Waals surface area contributed by atoms with Gasteiger partial charge in [0.1, 0.15) is 0 Å². The number of hydrogen-bond acceptors (Lipinski definition) is 1. The van der Waals surface area contributed by atoms with Gasteiger partial charge in [0.05, 0.1) is 12.8 Å². The van der Waals surface area contributed by atoms with Crippen molar-refractivity contribution in [2.24, 2.45) is 5.92 Å². The molecule has 0 atom stereocenters. The molecular formula is C10H19FO. The summed E-state index contributed by atoms with van der Waals surface area (Å²) in [6, 6.07) is 0. The van der Waals surface area contributed by atoms with Crippen LogP contribution in [0.1, 0.15) is 39.0 Å². The van der Waals surface area contributed by atoms with Gasteiger partial charge in [-0.2, -0.15) is 0 Å². The summed E-state index contributed by atoms with van der Waals surface area (Å²) in [5, 5.41) is 0. The Morgan fingerprint density at radius 2 is 1.92 bits per heavy atom. The van der Waals surface area contributed by atoms with Crippen molar-refractivity contribution in [2.45, 2.75) is 45.1 Å². The predicted molar refractivity (Wildman–Crippen MR) is 48.0 cm³/mol. The third kappa shape index (κ3) is 3.10. The van der Waals surface area contributed by atoms with Crippen molar-refractivity contribution in [3.05, 3.63) is 0 Å². The number of rotatable bonds is 4. The van der Waals surface area contributed by atoms with Crippen molar-refractivity contribution < 1.29 is 9.13 Å². The Hall–Kier alpha value is -0.110. The van der Waals surface area contributed by atoms with Crippen LogP contribution in [0.25, 0.3) is 0 Å². The SMILES string of the molecule is CCOC1CCC(CCF)CC1. The molecule has 72 valence electrons. The molecule has 0 amide bonds. The van der Waals surface area contributed by atoms with Crippen molar-refractivity contribution in [1.29, 1.82) is 0 Å². The van der Waals surface area contributed by atoms with Gasteiger partial charge in [0.2, 0.25) is 0 Å². The number of ether oxygens (including phenoxy) is 1. The molecule has 0 aliphatic heterocycles. The van der Waals surface area contributed by atoms with Gasteiger partial charge in [0, 0.05) is 6.61 Å². The Bertz CT molecular complexity index is 94.4. The van der Waals surface area contributed by atoms with Crippen molar-refractivity contribution in [3.8, 4) is 0 Å². The lowest BCUT2D eigenvalue weighted by atomic mass is 9.86. The summed E-state index contributed by atoms with van der Waals surface area (Å²) >= 11 is 0. The first-order valence-electron chi connectivity index (χ1n) is 5.04. The lowest BCUT2D eigenvalue weighted by Crippen LogP contribution is -2.21. The van der Waals surface area contributed by atoms with Crippen LogP contribution in [0, 0.1) is 5.92 Å². The zero-order valence-corrected chi connectivity index (χ0v) is 7.89. The normalized spacial score (nSPS) is 30.5. The molecule has 0 unspecified atom stereocenters. The average Bonchev–Trinajstić information content (AvgIpc) is 2.09. The fourth-order valence-corrected chi connectivity index (χ4v) is 1.98. The first kappa shape index (κ1) is 9.97. The molecule has 0 radical (unpaired) electrons. The molecule has 1 nitrogen and oxygen atoms in total. The minimum atomic E-state index is -0.149. The van der Waals surface area contributed by atoms with Gasteiger partial charge >= 0.3 is 0 Å². The topological polar surface area (TPSA) is 9.23 Å². The second-order valence-corrected chi connectivity index (χ2v) is 3.58. The Morgan fingerprint density at radius 1 is 1.25 bits per heavy atom. The van der Waals surface area contributed by atoms with Crippen molar-refractivity contribution >= 4 is 0 Å². The third-order valence-electron chi connectivity index (χ3n) is 2.71. The molecule has 0 saturated heterocycles. The average molecular weight is 174 g/mol. The largest absolute Gasteiger partial charge is 0.379 e. The lowest BCUT2D eigenvalue weighted by Gasteiger charge is -2.27. The predicted octanol–water partition coefficient (Wildman–Crippen LogP) is 2.94. The fraction of sp³-hybridized carbons (Fsp3) is 1.00. The molecule has 0 aromatic rings. The van der Waals surface area contributed by atoms with E-state index in [4.69, 9.17) is 4.74 Å². The minimum Gasteiger partial charge on any atom is -0.379 e.